The zero-order valence-electron chi connectivity index (χ0n) is 7.83. The van der Waals surface area contributed by atoms with Crippen molar-refractivity contribution in [2.75, 3.05) is 13.6 Å². The molecule has 13 heavy (non-hydrogen) atoms. The van der Waals surface area contributed by atoms with Gasteiger partial charge in [0.1, 0.15) is 0 Å². The molecule has 3 heteroatoms. The lowest BCUT2D eigenvalue weighted by molar-refractivity contribution is 0.0516. The highest BCUT2D eigenvalue weighted by Gasteiger charge is 2.22. The van der Waals surface area contributed by atoms with Crippen LogP contribution in [0.25, 0.3) is 0 Å². The normalized spacial score (nSPS) is 19.1. The summed E-state index contributed by atoms with van der Waals surface area (Å²) < 4.78 is 11.1. The van der Waals surface area contributed by atoms with Gasteiger partial charge >= 0.3 is 0 Å². The number of rotatable bonds is 2. The van der Waals surface area contributed by atoms with E-state index in [1.165, 1.54) is 5.56 Å². The molecule has 1 heterocycles. The minimum absolute atomic E-state index is 0.179. The summed E-state index contributed by atoms with van der Waals surface area (Å²) in [6.45, 7) is 2.74. The highest BCUT2D eigenvalue weighted by Crippen LogP contribution is 2.34. The number of likely N-dealkylation sites (N-methyl/N-ethyl adjacent to an activating group) is 1. The maximum absolute atomic E-state index is 5.54. The molecule has 0 radical (unpaired) electrons. The van der Waals surface area contributed by atoms with E-state index >= 15 is 0 Å². The predicted molar refractivity (Wildman–Crippen MR) is 50.1 cm³/mol. The molecule has 3 nitrogen and oxygen atoms in total. The van der Waals surface area contributed by atoms with Crippen LogP contribution in [-0.2, 0) is 0 Å². The quantitative estimate of drug-likeness (QED) is 0.742. The van der Waals surface area contributed by atoms with Crippen LogP contribution in [0.15, 0.2) is 18.2 Å². The van der Waals surface area contributed by atoms with Gasteiger partial charge in [-0.3, -0.25) is 0 Å². The molecule has 70 valence electrons. The van der Waals surface area contributed by atoms with Crippen LogP contribution < -0.4 is 14.8 Å². The van der Waals surface area contributed by atoms with Gasteiger partial charge in [-0.25, -0.2) is 0 Å². The maximum atomic E-state index is 5.54. The van der Waals surface area contributed by atoms with E-state index in [0.29, 0.717) is 6.54 Å². The molecule has 0 saturated heterocycles. The zero-order chi connectivity index (χ0) is 9.26. The maximum Gasteiger partial charge on any atom is 0.253 e. The van der Waals surface area contributed by atoms with Crippen LogP contribution >= 0.6 is 0 Å². The first kappa shape index (κ1) is 8.38. The van der Waals surface area contributed by atoms with Gasteiger partial charge in [0.25, 0.3) is 6.29 Å². The molecule has 1 aromatic carbocycles. The summed E-state index contributed by atoms with van der Waals surface area (Å²) in [5.41, 5.74) is 1.19. The van der Waals surface area contributed by atoms with Gasteiger partial charge in [-0.05, 0) is 31.7 Å². The van der Waals surface area contributed by atoms with Gasteiger partial charge < -0.3 is 14.8 Å². The van der Waals surface area contributed by atoms with Gasteiger partial charge in [0.05, 0.1) is 6.54 Å². The van der Waals surface area contributed by atoms with Crippen molar-refractivity contribution < 1.29 is 9.47 Å². The van der Waals surface area contributed by atoms with Crippen molar-refractivity contribution in [3.8, 4) is 11.5 Å². The van der Waals surface area contributed by atoms with Crippen molar-refractivity contribution in [2.45, 2.75) is 13.2 Å². The van der Waals surface area contributed by atoms with E-state index in [0.717, 1.165) is 11.5 Å². The molecular formula is C10H13NO2. The minimum atomic E-state index is -0.179. The lowest BCUT2D eigenvalue weighted by atomic mass is 10.2. The summed E-state index contributed by atoms with van der Waals surface area (Å²) in [6.07, 6.45) is -0.179. The third kappa shape index (κ3) is 1.60. The second-order valence-electron chi connectivity index (χ2n) is 3.17. The molecule has 0 spiro atoms. The SMILES string of the molecule is CNCC1Oc2ccc(C)cc2O1. The number of nitrogens with one attached hydrogen (secondary N) is 1. The van der Waals surface area contributed by atoms with Gasteiger partial charge in [0.2, 0.25) is 0 Å². The van der Waals surface area contributed by atoms with Crippen molar-refractivity contribution in [1.29, 1.82) is 0 Å². The fourth-order valence-electron chi connectivity index (χ4n) is 1.36. The first-order valence-corrected chi connectivity index (χ1v) is 4.38. The molecule has 1 atom stereocenters. The summed E-state index contributed by atoms with van der Waals surface area (Å²) in [6, 6.07) is 5.95. The molecule has 0 aromatic heterocycles. The number of hydrogen-bond acceptors (Lipinski definition) is 3. The van der Waals surface area contributed by atoms with Crippen molar-refractivity contribution in [2.24, 2.45) is 0 Å². The van der Waals surface area contributed by atoms with E-state index in [1.54, 1.807) is 0 Å². The molecule has 2 rings (SSSR count). The topological polar surface area (TPSA) is 30.5 Å². The minimum Gasteiger partial charge on any atom is -0.450 e. The van der Waals surface area contributed by atoms with E-state index in [9.17, 15) is 0 Å². The summed E-state index contributed by atoms with van der Waals surface area (Å²) >= 11 is 0. The Hall–Kier alpha value is -1.22. The summed E-state index contributed by atoms with van der Waals surface area (Å²) in [7, 11) is 1.88. The predicted octanol–water partition coefficient (Wildman–Crippen LogP) is 1.31. The third-order valence-corrected chi connectivity index (χ3v) is 1.99. The Morgan fingerprint density at radius 3 is 2.85 bits per heavy atom. The van der Waals surface area contributed by atoms with Crippen molar-refractivity contribution in [3.63, 3.8) is 0 Å². The Bertz CT molecular complexity index is 312. The Morgan fingerprint density at radius 2 is 2.08 bits per heavy atom. The van der Waals surface area contributed by atoms with E-state index in [-0.39, 0.29) is 6.29 Å². The molecule has 0 bridgehead atoms. The molecule has 1 aliphatic rings. The van der Waals surface area contributed by atoms with E-state index in [4.69, 9.17) is 9.47 Å². The largest absolute Gasteiger partial charge is 0.450 e. The van der Waals surface area contributed by atoms with Gasteiger partial charge in [-0.1, -0.05) is 6.07 Å². The van der Waals surface area contributed by atoms with Crippen LogP contribution in [0, 0.1) is 6.92 Å². The van der Waals surface area contributed by atoms with Crippen LogP contribution in [0.4, 0.5) is 0 Å². The van der Waals surface area contributed by atoms with Crippen molar-refractivity contribution >= 4 is 0 Å². The van der Waals surface area contributed by atoms with Crippen LogP contribution in [-0.4, -0.2) is 19.9 Å². The fourth-order valence-corrected chi connectivity index (χ4v) is 1.36. The number of ether oxygens (including phenoxy) is 2. The van der Waals surface area contributed by atoms with E-state index < -0.39 is 0 Å². The van der Waals surface area contributed by atoms with Crippen LogP contribution in [0.1, 0.15) is 5.56 Å². The first-order chi connectivity index (χ1) is 6.29. The Balaban J connectivity index is 2.16. The molecule has 0 aliphatic carbocycles. The van der Waals surface area contributed by atoms with Gasteiger partial charge in [-0.2, -0.15) is 0 Å². The highest BCUT2D eigenvalue weighted by molar-refractivity contribution is 5.44. The molecule has 0 amide bonds. The molecule has 1 aliphatic heterocycles. The first-order valence-electron chi connectivity index (χ1n) is 4.38. The van der Waals surface area contributed by atoms with Crippen LogP contribution in [0.5, 0.6) is 11.5 Å². The van der Waals surface area contributed by atoms with Crippen LogP contribution in [0.3, 0.4) is 0 Å². The fraction of sp³-hybridized carbons (Fsp3) is 0.400. The van der Waals surface area contributed by atoms with Gasteiger partial charge in [-0.15, -0.1) is 0 Å². The Kier molecular flexibility index (Phi) is 2.10. The average molecular weight is 179 g/mol. The molecule has 0 fully saturated rings. The standard InChI is InChI=1S/C10H13NO2/c1-7-3-4-8-9(5-7)13-10(12-8)6-11-2/h3-5,10-11H,6H2,1-2H3. The summed E-state index contributed by atoms with van der Waals surface area (Å²) in [5, 5.41) is 3.01. The van der Waals surface area contributed by atoms with Crippen molar-refractivity contribution in [3.05, 3.63) is 23.8 Å². The zero-order valence-corrected chi connectivity index (χ0v) is 7.83. The molecule has 1 unspecified atom stereocenters. The lowest BCUT2D eigenvalue weighted by Gasteiger charge is -2.07. The summed E-state index contributed by atoms with van der Waals surface area (Å²) in [5.74, 6) is 1.69. The summed E-state index contributed by atoms with van der Waals surface area (Å²) in [4.78, 5) is 0. The highest BCUT2D eigenvalue weighted by atomic mass is 16.7. The smallest absolute Gasteiger partial charge is 0.253 e. The average Bonchev–Trinajstić information content (AvgIpc) is 2.46. The second kappa shape index (κ2) is 3.26. The third-order valence-electron chi connectivity index (χ3n) is 1.99. The Morgan fingerprint density at radius 1 is 1.31 bits per heavy atom. The lowest BCUT2D eigenvalue weighted by Crippen LogP contribution is -2.30. The number of hydrogen-bond donors (Lipinski definition) is 1. The number of fused-ring (bicyclic) bond motifs is 1. The molecular weight excluding hydrogens is 166 g/mol. The monoisotopic (exact) mass is 179 g/mol. The number of benzene rings is 1. The molecule has 1 N–H and O–H groups in total. The van der Waals surface area contributed by atoms with Gasteiger partial charge in [0, 0.05) is 0 Å². The van der Waals surface area contributed by atoms with Gasteiger partial charge in [0.15, 0.2) is 11.5 Å². The second-order valence-corrected chi connectivity index (χ2v) is 3.17. The van der Waals surface area contributed by atoms with Crippen LogP contribution in [0.2, 0.25) is 0 Å². The Labute approximate surface area is 77.7 Å². The number of aryl methyl sites for hydroxylation is 1. The van der Waals surface area contributed by atoms with E-state index in [2.05, 4.69) is 5.32 Å². The molecule has 0 saturated carbocycles. The van der Waals surface area contributed by atoms with E-state index in [1.807, 2.05) is 32.2 Å². The van der Waals surface area contributed by atoms with Crippen molar-refractivity contribution in [1.82, 2.24) is 5.32 Å². The molecule has 1 aromatic rings.